The van der Waals surface area contributed by atoms with Crippen molar-refractivity contribution in [3.05, 3.63) is 34.9 Å². The number of rotatable bonds is 6. The Bertz CT molecular complexity index is 343. The summed E-state index contributed by atoms with van der Waals surface area (Å²) < 4.78 is 0. The van der Waals surface area contributed by atoms with E-state index >= 15 is 0 Å². The third-order valence-corrected chi connectivity index (χ3v) is 2.64. The van der Waals surface area contributed by atoms with Gasteiger partial charge in [-0.15, -0.1) is 17.0 Å². The number of carboxylic acid groups (broad SMARTS) is 1. The zero-order valence-electron chi connectivity index (χ0n) is 9.43. The standard InChI is InChI=1S/C12H16ClNO2.BrH/c13-10-6-4-9(5-7-10)2-1-3-11(14)8-12(15)16;/h4-7,11H,1-3,8,14H2,(H,15,16);1H/t11-;/m0./s1. The van der Waals surface area contributed by atoms with Crippen molar-refractivity contribution in [3.8, 4) is 0 Å². The number of carbonyl (C=O) groups is 1. The van der Waals surface area contributed by atoms with Crippen LogP contribution in [0.3, 0.4) is 0 Å². The predicted molar refractivity (Wildman–Crippen MR) is 74.9 cm³/mol. The highest BCUT2D eigenvalue weighted by Gasteiger charge is 2.07. The maximum atomic E-state index is 10.4. The molecule has 96 valence electrons. The van der Waals surface area contributed by atoms with Crippen LogP contribution < -0.4 is 5.73 Å². The zero-order chi connectivity index (χ0) is 12.0. The van der Waals surface area contributed by atoms with E-state index in [-0.39, 0.29) is 29.4 Å². The van der Waals surface area contributed by atoms with E-state index in [1.54, 1.807) is 0 Å². The zero-order valence-corrected chi connectivity index (χ0v) is 11.9. The van der Waals surface area contributed by atoms with Crippen LogP contribution >= 0.6 is 28.6 Å². The lowest BCUT2D eigenvalue weighted by Gasteiger charge is -2.08. The van der Waals surface area contributed by atoms with Gasteiger partial charge in [0.05, 0.1) is 6.42 Å². The van der Waals surface area contributed by atoms with Crippen LogP contribution in [0.15, 0.2) is 24.3 Å². The van der Waals surface area contributed by atoms with E-state index in [0.717, 1.165) is 24.3 Å². The Kier molecular flexibility index (Phi) is 8.21. The van der Waals surface area contributed by atoms with Gasteiger partial charge in [-0.25, -0.2) is 0 Å². The predicted octanol–water partition coefficient (Wildman–Crippen LogP) is 3.04. The maximum absolute atomic E-state index is 10.4. The molecule has 1 aromatic rings. The molecule has 0 heterocycles. The Balaban J connectivity index is 0.00000256. The molecule has 5 heteroatoms. The summed E-state index contributed by atoms with van der Waals surface area (Å²) in [5.41, 5.74) is 6.86. The number of hydrogen-bond acceptors (Lipinski definition) is 2. The van der Waals surface area contributed by atoms with E-state index in [2.05, 4.69) is 0 Å². The van der Waals surface area contributed by atoms with E-state index in [0.29, 0.717) is 0 Å². The summed E-state index contributed by atoms with van der Waals surface area (Å²) >= 11 is 5.77. The topological polar surface area (TPSA) is 63.3 Å². The molecule has 0 spiro atoms. The third kappa shape index (κ3) is 7.36. The van der Waals surface area contributed by atoms with E-state index in [4.69, 9.17) is 22.4 Å². The highest BCUT2D eigenvalue weighted by molar-refractivity contribution is 8.93. The largest absolute Gasteiger partial charge is 0.481 e. The first-order valence-electron chi connectivity index (χ1n) is 5.30. The summed E-state index contributed by atoms with van der Waals surface area (Å²) in [6, 6.07) is 7.42. The van der Waals surface area contributed by atoms with Crippen molar-refractivity contribution in [1.82, 2.24) is 0 Å². The molecule has 0 amide bonds. The fraction of sp³-hybridized carbons (Fsp3) is 0.417. The van der Waals surface area contributed by atoms with Crippen molar-refractivity contribution >= 4 is 34.6 Å². The SMILES string of the molecule is Br.N[C@@H](CCCc1ccc(Cl)cc1)CC(=O)O. The molecule has 0 radical (unpaired) electrons. The molecule has 0 aliphatic heterocycles. The Labute approximate surface area is 117 Å². The summed E-state index contributed by atoms with van der Waals surface area (Å²) in [6.45, 7) is 0. The van der Waals surface area contributed by atoms with Crippen LogP contribution in [0.1, 0.15) is 24.8 Å². The quantitative estimate of drug-likeness (QED) is 0.846. The Morgan fingerprint density at radius 2 is 1.94 bits per heavy atom. The molecular formula is C12H17BrClNO2. The van der Waals surface area contributed by atoms with Gasteiger partial charge in [-0.3, -0.25) is 4.79 Å². The minimum Gasteiger partial charge on any atom is -0.481 e. The Morgan fingerprint density at radius 3 is 2.47 bits per heavy atom. The Hall–Kier alpha value is -0.580. The van der Waals surface area contributed by atoms with Gasteiger partial charge in [0.2, 0.25) is 0 Å². The smallest absolute Gasteiger partial charge is 0.304 e. The van der Waals surface area contributed by atoms with Gasteiger partial charge < -0.3 is 10.8 Å². The molecule has 1 rings (SSSR count). The summed E-state index contributed by atoms with van der Waals surface area (Å²) in [6.07, 6.45) is 2.58. The first kappa shape index (κ1) is 16.4. The average Bonchev–Trinajstić information content (AvgIpc) is 2.20. The molecule has 0 aromatic heterocycles. The second-order valence-electron chi connectivity index (χ2n) is 3.88. The molecule has 1 aromatic carbocycles. The van der Waals surface area contributed by atoms with Gasteiger partial charge in [0.25, 0.3) is 0 Å². The van der Waals surface area contributed by atoms with Crippen molar-refractivity contribution < 1.29 is 9.90 Å². The lowest BCUT2D eigenvalue weighted by molar-refractivity contribution is -0.137. The summed E-state index contributed by atoms with van der Waals surface area (Å²) in [7, 11) is 0. The first-order chi connectivity index (χ1) is 7.58. The van der Waals surface area contributed by atoms with E-state index in [1.165, 1.54) is 5.56 Å². The van der Waals surface area contributed by atoms with E-state index < -0.39 is 5.97 Å². The fourth-order valence-corrected chi connectivity index (χ4v) is 1.67. The van der Waals surface area contributed by atoms with Crippen molar-refractivity contribution in [2.45, 2.75) is 31.7 Å². The average molecular weight is 323 g/mol. The second-order valence-corrected chi connectivity index (χ2v) is 4.31. The van der Waals surface area contributed by atoms with Crippen molar-refractivity contribution in [1.29, 1.82) is 0 Å². The molecule has 0 aliphatic carbocycles. The maximum Gasteiger partial charge on any atom is 0.304 e. The fourth-order valence-electron chi connectivity index (χ4n) is 1.55. The molecule has 0 fully saturated rings. The molecule has 0 bridgehead atoms. The molecule has 3 N–H and O–H groups in total. The number of aliphatic carboxylic acids is 1. The highest BCUT2D eigenvalue weighted by atomic mass is 79.9. The number of benzene rings is 1. The Morgan fingerprint density at radius 1 is 1.35 bits per heavy atom. The molecule has 0 saturated heterocycles. The molecule has 17 heavy (non-hydrogen) atoms. The third-order valence-electron chi connectivity index (χ3n) is 2.39. The summed E-state index contributed by atoms with van der Waals surface area (Å²) in [4.78, 5) is 10.4. The molecule has 3 nitrogen and oxygen atoms in total. The number of aryl methyl sites for hydroxylation is 1. The van der Waals surface area contributed by atoms with Gasteiger partial charge in [0.15, 0.2) is 0 Å². The summed E-state index contributed by atoms with van der Waals surface area (Å²) in [5, 5.41) is 9.26. The number of halogens is 2. The number of carboxylic acids is 1. The van der Waals surface area contributed by atoms with Crippen molar-refractivity contribution in [2.24, 2.45) is 5.73 Å². The minimum atomic E-state index is -0.834. The lowest BCUT2D eigenvalue weighted by atomic mass is 10.0. The van der Waals surface area contributed by atoms with Gasteiger partial charge in [-0.2, -0.15) is 0 Å². The molecular weight excluding hydrogens is 305 g/mol. The lowest BCUT2D eigenvalue weighted by Crippen LogP contribution is -2.23. The molecule has 0 unspecified atom stereocenters. The van der Waals surface area contributed by atoms with Crippen LogP contribution in [0.4, 0.5) is 0 Å². The summed E-state index contributed by atoms with van der Waals surface area (Å²) in [5.74, 6) is -0.834. The van der Waals surface area contributed by atoms with Gasteiger partial charge >= 0.3 is 5.97 Å². The first-order valence-corrected chi connectivity index (χ1v) is 5.67. The van der Waals surface area contributed by atoms with Gasteiger partial charge in [-0.1, -0.05) is 23.7 Å². The van der Waals surface area contributed by atoms with Crippen LogP contribution in [0.2, 0.25) is 5.02 Å². The second kappa shape index (κ2) is 8.50. The van der Waals surface area contributed by atoms with Gasteiger partial charge in [-0.05, 0) is 37.0 Å². The minimum absolute atomic E-state index is 0. The molecule has 0 saturated carbocycles. The highest BCUT2D eigenvalue weighted by Crippen LogP contribution is 2.12. The van der Waals surface area contributed by atoms with E-state index in [1.807, 2.05) is 24.3 Å². The van der Waals surface area contributed by atoms with Gasteiger partial charge in [0, 0.05) is 11.1 Å². The van der Waals surface area contributed by atoms with Crippen LogP contribution in [0.5, 0.6) is 0 Å². The number of hydrogen-bond donors (Lipinski definition) is 2. The molecule has 1 atom stereocenters. The van der Waals surface area contributed by atoms with Crippen molar-refractivity contribution in [3.63, 3.8) is 0 Å². The van der Waals surface area contributed by atoms with Gasteiger partial charge in [0.1, 0.15) is 0 Å². The van der Waals surface area contributed by atoms with Crippen LogP contribution in [0, 0.1) is 0 Å². The van der Waals surface area contributed by atoms with Crippen LogP contribution in [-0.2, 0) is 11.2 Å². The van der Waals surface area contributed by atoms with Crippen molar-refractivity contribution in [2.75, 3.05) is 0 Å². The van der Waals surface area contributed by atoms with Crippen LogP contribution in [0.25, 0.3) is 0 Å². The van der Waals surface area contributed by atoms with E-state index in [9.17, 15) is 4.79 Å². The molecule has 0 aliphatic rings. The monoisotopic (exact) mass is 321 g/mol. The normalized spacial score (nSPS) is 11.6. The number of nitrogens with two attached hydrogens (primary N) is 1. The van der Waals surface area contributed by atoms with Crippen LogP contribution in [-0.4, -0.2) is 17.1 Å².